The van der Waals surface area contributed by atoms with Gasteiger partial charge in [-0.25, -0.2) is 47.2 Å². The van der Waals surface area contributed by atoms with Gasteiger partial charge in [0.15, 0.2) is 0 Å². The molecule has 4 saturated heterocycles. The molecule has 8 fully saturated rings. The van der Waals surface area contributed by atoms with Gasteiger partial charge in [-0.05, 0) is 248 Å². The van der Waals surface area contributed by atoms with Crippen LogP contribution in [0.4, 0.5) is 24.5 Å². The number of hydrogen-bond donors (Lipinski definition) is 7. The van der Waals surface area contributed by atoms with E-state index < -0.39 is 18.1 Å². The number of aliphatic carboxylic acids is 1. The number of halogens is 4. The summed E-state index contributed by atoms with van der Waals surface area (Å²) >= 11 is 2.27. The second kappa shape index (κ2) is 39.6. The zero-order chi connectivity index (χ0) is 91.0. The number of methoxy groups -OCH3 is 4. The molecule has 0 spiro atoms. The summed E-state index contributed by atoms with van der Waals surface area (Å²) in [7, 11) is 6.19. The zero-order valence-electron chi connectivity index (χ0n) is 71.0. The van der Waals surface area contributed by atoms with Crippen LogP contribution in [0, 0.1) is 44.7 Å². The minimum absolute atomic E-state index is 0.00306. The van der Waals surface area contributed by atoms with Crippen molar-refractivity contribution in [3.8, 4) is 40.6 Å². The minimum Gasteiger partial charge on any atom is -0.481 e. The fourth-order valence-corrected chi connectivity index (χ4v) is 16.6. The molecule has 8 atom stereocenters. The zero-order valence-corrected chi connectivity index (χ0v) is 73.2. The summed E-state index contributed by atoms with van der Waals surface area (Å²) in [5, 5.41) is 39.0. The minimum atomic E-state index is -0.630. The monoisotopic (exact) mass is 1880 g/mol. The maximum absolute atomic E-state index is 13.4. The highest BCUT2D eigenvalue weighted by Crippen LogP contribution is 2.44. The highest BCUT2D eigenvalue weighted by molar-refractivity contribution is 14.1. The van der Waals surface area contributed by atoms with E-state index in [4.69, 9.17) is 29.8 Å². The first-order valence-electron chi connectivity index (χ1n) is 42.4. The van der Waals surface area contributed by atoms with Gasteiger partial charge in [-0.1, -0.05) is 0 Å². The SMILES string of the molecule is COc1cc(C2NC(=O)C[C@@H]2N)ccn1.COc1cc(C2NC(=O)C[C@@H]2NC(=O)C2CC2)ccn1.COc1cc([C@@H]2[C@@H](NC(=O)C3CC3)CC(=O)N2c2ccc3c(cnn3-c3ccc(F)cc3)c2)ccn1.COc1cc([C@H]2[C@H](NC(=O)C3CC3)CC(=O)N2c2ccc3c(cnn3-c3ccc(F)cc3)c2)ccn1.Fc1ccc(-n2ncc3cc(I)ccc32)cc1.O=C(O)C1CC1. The van der Waals surface area contributed by atoms with Gasteiger partial charge < -0.3 is 66.2 Å². The second-order valence-corrected chi connectivity index (χ2v) is 33.8. The van der Waals surface area contributed by atoms with Crippen molar-refractivity contribution in [1.82, 2.24) is 75.9 Å². The van der Waals surface area contributed by atoms with Crippen LogP contribution >= 0.6 is 22.6 Å². The predicted molar refractivity (Wildman–Crippen MR) is 482 cm³/mol. The molecule has 35 heteroatoms. The number of hydrogen-bond acceptors (Lipinski definition) is 20. The summed E-state index contributed by atoms with van der Waals surface area (Å²) < 4.78 is 66.8. The number of rotatable bonds is 20. The molecular weight excluding hydrogens is 1790 g/mol. The average Bonchev–Trinajstić information content (AvgIpc) is 1.61. The number of fused-ring (bicyclic) bond motifs is 3. The van der Waals surface area contributed by atoms with Crippen LogP contribution in [0.25, 0.3) is 49.8 Å². The lowest BCUT2D eigenvalue weighted by Crippen LogP contribution is -2.40. The maximum atomic E-state index is 13.4. The van der Waals surface area contributed by atoms with Crippen molar-refractivity contribution in [3.63, 3.8) is 0 Å². The molecule has 11 heterocycles. The number of amides is 7. The van der Waals surface area contributed by atoms with Gasteiger partial charge in [-0.2, -0.15) is 15.3 Å². The molecule has 4 aliphatic heterocycles. The molecule has 13 aromatic rings. The first-order valence-corrected chi connectivity index (χ1v) is 43.5. The molecule has 6 aromatic carbocycles. The van der Waals surface area contributed by atoms with E-state index in [0.717, 1.165) is 123 Å². The highest BCUT2D eigenvalue weighted by atomic mass is 127. The first-order chi connectivity index (χ1) is 62.9. The van der Waals surface area contributed by atoms with Gasteiger partial charge in [-0.3, -0.25) is 38.4 Å². The Morgan fingerprint density at radius 2 is 0.723 bits per heavy atom. The van der Waals surface area contributed by atoms with Crippen LogP contribution in [0.15, 0.2) is 219 Å². The van der Waals surface area contributed by atoms with Crippen molar-refractivity contribution in [2.24, 2.45) is 29.4 Å². The molecule has 8 aliphatic rings. The Balaban J connectivity index is 0.000000122. The molecule has 31 nitrogen and oxygen atoms in total. The van der Waals surface area contributed by atoms with Gasteiger partial charge in [-0.15, -0.1) is 0 Å². The van der Waals surface area contributed by atoms with Crippen LogP contribution in [-0.2, 0) is 38.4 Å². The molecule has 7 amide bonds. The Morgan fingerprint density at radius 3 is 1.07 bits per heavy atom. The van der Waals surface area contributed by atoms with Crippen molar-refractivity contribution in [3.05, 3.63) is 263 Å². The Morgan fingerprint density at radius 1 is 0.400 bits per heavy atom. The number of benzene rings is 6. The fourth-order valence-electron chi connectivity index (χ4n) is 16.1. The number of carbonyl (C=O) groups excluding carboxylic acids is 7. The summed E-state index contributed by atoms with van der Waals surface area (Å²) in [6.07, 6.45) is 20.2. The molecule has 21 rings (SSSR count). The van der Waals surface area contributed by atoms with Crippen molar-refractivity contribution in [2.75, 3.05) is 38.2 Å². The topological polar surface area (TPSA) is 391 Å². The van der Waals surface area contributed by atoms with Gasteiger partial charge >= 0.3 is 5.97 Å². The lowest BCUT2D eigenvalue weighted by Gasteiger charge is -2.29. The van der Waals surface area contributed by atoms with E-state index in [0.29, 0.717) is 47.7 Å². The van der Waals surface area contributed by atoms with Crippen LogP contribution in [0.1, 0.15) is 123 Å². The highest BCUT2D eigenvalue weighted by Gasteiger charge is 2.47. The van der Waals surface area contributed by atoms with E-state index in [1.807, 2.05) is 83.7 Å². The average molecular weight is 1880 g/mol. The quantitative estimate of drug-likeness (QED) is 0.0348. The number of ether oxygens (including phenoxy) is 4. The van der Waals surface area contributed by atoms with Gasteiger partial charge in [0.25, 0.3) is 0 Å². The number of carbonyl (C=O) groups is 8. The fraction of sp³-hybridized carbons (Fsp3) is 0.295. The number of nitrogens with zero attached hydrogens (tertiary/aromatic N) is 12. The Hall–Kier alpha value is -14.2. The van der Waals surface area contributed by atoms with E-state index in [1.165, 1.54) is 40.0 Å². The van der Waals surface area contributed by atoms with Gasteiger partial charge in [0.05, 0.1) is 129 Å². The molecule has 0 radical (unpaired) electrons. The number of aromatic nitrogens is 10. The van der Waals surface area contributed by atoms with E-state index in [-0.39, 0.29) is 132 Å². The van der Waals surface area contributed by atoms with Crippen molar-refractivity contribution < 1.29 is 75.6 Å². The second-order valence-electron chi connectivity index (χ2n) is 32.6. The van der Waals surface area contributed by atoms with Crippen molar-refractivity contribution in [2.45, 2.75) is 125 Å². The molecular formula is C95H92F3IN18O13. The summed E-state index contributed by atoms with van der Waals surface area (Å²) in [6.45, 7) is 0. The Labute approximate surface area is 757 Å². The number of nitrogens with one attached hydrogen (secondary N) is 5. The number of anilines is 2. The third kappa shape index (κ3) is 21.1. The molecule has 7 aromatic heterocycles. The van der Waals surface area contributed by atoms with Gasteiger partial charge in [0.1, 0.15) is 17.5 Å². The molecule has 4 saturated carbocycles. The van der Waals surface area contributed by atoms with E-state index in [2.05, 4.69) is 90.5 Å². The number of carboxylic acids is 1. The van der Waals surface area contributed by atoms with Crippen molar-refractivity contribution in [1.29, 1.82) is 0 Å². The van der Waals surface area contributed by atoms with E-state index >= 15 is 0 Å². The number of nitrogens with two attached hydrogens (primary N) is 1. The van der Waals surface area contributed by atoms with Crippen LogP contribution in [0.2, 0.25) is 0 Å². The lowest BCUT2D eigenvalue weighted by atomic mass is 10.00. The summed E-state index contributed by atoms with van der Waals surface area (Å²) in [6, 6.07) is 48.3. The lowest BCUT2D eigenvalue weighted by molar-refractivity contribution is -0.138. The maximum Gasteiger partial charge on any atom is 0.306 e. The Bertz CT molecular complexity index is 6150. The van der Waals surface area contributed by atoms with Crippen molar-refractivity contribution >= 4 is 114 Å². The molecule has 4 aliphatic carbocycles. The molecule has 2 unspecified atom stereocenters. The smallest absolute Gasteiger partial charge is 0.306 e. The molecule has 130 heavy (non-hydrogen) atoms. The normalized spacial score (nSPS) is 20.0. The van der Waals surface area contributed by atoms with Crippen LogP contribution in [-0.4, -0.2) is 154 Å². The molecule has 0 bridgehead atoms. The first kappa shape index (κ1) is 89.2. The molecule has 8 N–H and O–H groups in total. The van der Waals surface area contributed by atoms with Gasteiger partial charge in [0.2, 0.25) is 64.9 Å². The number of carboxylic acid groups (broad SMARTS) is 1. The molecule has 668 valence electrons. The predicted octanol–water partition coefficient (Wildman–Crippen LogP) is 12.7. The van der Waals surface area contributed by atoms with Crippen LogP contribution in [0.3, 0.4) is 0 Å². The third-order valence-corrected chi connectivity index (χ3v) is 24.0. The van der Waals surface area contributed by atoms with E-state index in [9.17, 15) is 51.5 Å². The Kier molecular flexibility index (Phi) is 27.1. The third-order valence-electron chi connectivity index (χ3n) is 23.4. The van der Waals surface area contributed by atoms with E-state index in [1.54, 1.807) is 145 Å². The largest absolute Gasteiger partial charge is 0.481 e. The summed E-state index contributed by atoms with van der Waals surface area (Å²) in [5.74, 6) is 0.468. The van der Waals surface area contributed by atoms with Crippen LogP contribution in [0.5, 0.6) is 23.5 Å². The summed E-state index contributed by atoms with van der Waals surface area (Å²) in [5.41, 5.74) is 15.8. The van der Waals surface area contributed by atoms with Crippen LogP contribution < -0.4 is 61.1 Å². The van der Waals surface area contributed by atoms with Gasteiger partial charge in [0, 0.05) is 130 Å². The summed E-state index contributed by atoms with van der Waals surface area (Å²) in [4.78, 5) is 116. The number of pyridine rings is 4. The standard InChI is InChI=1S/2C27H24FN5O3.C14H17N3O3.C13H8FIN2.C10H13N3O2.C4H6O2/c2*1-36-24-13-17(10-11-29-24)26-22(31-27(35)16-2-3-16)14-25(34)32(26)21-8-9-23-18(12-21)15-30-33(23)20-6-4-19(28)5-7-20;1-20-12-6-9(4-5-15-12)13-10(7-11(18)17-13)16-14(19)8-2-3-8;14-10-1-4-12(5-2-10)17-13-6-3-11(15)7-9(13)8-16-17;1-15-9-4-6(2-3-12-9)10-7(11)5-8(14)13-10;5-4(6)3-1-2-3/h2*4-13,15-16,22,26H,2-3,14H2,1H3,(H,31,35);4-6,8,10,13H,2-3,7H2,1H3,(H,16,19)(H,17,18);1-8H;2-4,7,10H,5,11H2,1H3,(H,13,14);3H,1-2H2,(H,5,6)/t2*22-,26+;10-,13?;;7-,10?;/m100.0./s1.